The molecule has 1 aromatic carbocycles. The molecule has 3 aromatic rings. The maximum Gasteiger partial charge on any atom is 0.234 e. The number of H-pyrrole nitrogens is 1. The molecule has 10 heteroatoms. The van der Waals surface area contributed by atoms with Crippen molar-refractivity contribution in [3.8, 4) is 11.5 Å². The first-order valence-electron chi connectivity index (χ1n) is 8.48. The SMILES string of the molecule is Cc1cc(Cl)ccc1NC(=O)CSc1nnc(-c2n[nH]c3c2CCC3)n1N. The van der Waals surface area contributed by atoms with Crippen LogP contribution in [0, 0.1) is 6.92 Å². The summed E-state index contributed by atoms with van der Waals surface area (Å²) in [7, 11) is 0. The zero-order valence-electron chi connectivity index (χ0n) is 14.6. The second kappa shape index (κ2) is 7.24. The van der Waals surface area contributed by atoms with Crippen molar-refractivity contribution < 1.29 is 4.79 Å². The Labute approximate surface area is 164 Å². The van der Waals surface area contributed by atoms with Gasteiger partial charge < -0.3 is 11.2 Å². The topological polar surface area (TPSA) is 115 Å². The molecule has 27 heavy (non-hydrogen) atoms. The minimum Gasteiger partial charge on any atom is -0.335 e. The number of halogens is 1. The molecule has 4 rings (SSSR count). The van der Waals surface area contributed by atoms with E-state index in [1.807, 2.05) is 6.92 Å². The summed E-state index contributed by atoms with van der Waals surface area (Å²) in [4.78, 5) is 12.2. The average molecular weight is 404 g/mol. The van der Waals surface area contributed by atoms with Crippen LogP contribution in [0.1, 0.15) is 23.2 Å². The Morgan fingerprint density at radius 3 is 3.07 bits per heavy atom. The number of carbonyl (C=O) groups is 1. The molecule has 1 aliphatic rings. The number of aromatic nitrogens is 5. The number of thioether (sulfide) groups is 1. The highest BCUT2D eigenvalue weighted by atomic mass is 35.5. The van der Waals surface area contributed by atoms with E-state index >= 15 is 0 Å². The van der Waals surface area contributed by atoms with Gasteiger partial charge in [-0.15, -0.1) is 10.2 Å². The zero-order valence-corrected chi connectivity index (χ0v) is 16.2. The predicted octanol–water partition coefficient (Wildman–Crippen LogP) is 2.56. The summed E-state index contributed by atoms with van der Waals surface area (Å²) in [5.41, 5.74) is 4.66. The second-order valence-electron chi connectivity index (χ2n) is 6.36. The fourth-order valence-electron chi connectivity index (χ4n) is 3.12. The largest absolute Gasteiger partial charge is 0.335 e. The molecule has 0 saturated carbocycles. The van der Waals surface area contributed by atoms with E-state index in [2.05, 4.69) is 25.7 Å². The first-order chi connectivity index (χ1) is 13.0. The van der Waals surface area contributed by atoms with Gasteiger partial charge in [-0.1, -0.05) is 23.4 Å². The van der Waals surface area contributed by atoms with E-state index in [0.717, 1.165) is 47.5 Å². The van der Waals surface area contributed by atoms with Gasteiger partial charge in [-0.25, -0.2) is 4.68 Å². The molecule has 0 fully saturated rings. The van der Waals surface area contributed by atoms with Crippen molar-refractivity contribution >= 4 is 35.0 Å². The number of aromatic amines is 1. The Morgan fingerprint density at radius 1 is 1.41 bits per heavy atom. The Kier molecular flexibility index (Phi) is 4.79. The Bertz CT molecular complexity index is 1010. The van der Waals surface area contributed by atoms with Gasteiger partial charge >= 0.3 is 0 Å². The highest BCUT2D eigenvalue weighted by Gasteiger charge is 2.24. The van der Waals surface area contributed by atoms with E-state index in [-0.39, 0.29) is 11.7 Å². The van der Waals surface area contributed by atoms with Crippen molar-refractivity contribution in [2.45, 2.75) is 31.3 Å². The van der Waals surface area contributed by atoms with Gasteiger partial charge in [0.05, 0.1) is 5.75 Å². The van der Waals surface area contributed by atoms with Crippen LogP contribution in [0.3, 0.4) is 0 Å². The molecule has 0 spiro atoms. The fraction of sp³-hybridized carbons (Fsp3) is 0.294. The highest BCUT2D eigenvalue weighted by Crippen LogP contribution is 2.30. The number of hydrogen-bond acceptors (Lipinski definition) is 6. The number of nitrogen functional groups attached to an aromatic ring is 1. The molecule has 1 amide bonds. The van der Waals surface area contributed by atoms with Crippen LogP contribution < -0.4 is 11.2 Å². The number of benzene rings is 1. The number of nitrogens with one attached hydrogen (secondary N) is 2. The molecular weight excluding hydrogens is 386 g/mol. The van der Waals surface area contributed by atoms with Crippen LogP contribution >= 0.6 is 23.4 Å². The van der Waals surface area contributed by atoms with Crippen LogP contribution in [0.5, 0.6) is 0 Å². The highest BCUT2D eigenvalue weighted by molar-refractivity contribution is 7.99. The van der Waals surface area contributed by atoms with Crippen LogP contribution in [0.25, 0.3) is 11.5 Å². The monoisotopic (exact) mass is 403 g/mol. The quantitative estimate of drug-likeness (QED) is 0.445. The molecule has 0 saturated heterocycles. The van der Waals surface area contributed by atoms with Crippen LogP contribution in [0.15, 0.2) is 23.4 Å². The Morgan fingerprint density at radius 2 is 2.26 bits per heavy atom. The Balaban J connectivity index is 1.43. The minimum absolute atomic E-state index is 0.157. The summed E-state index contributed by atoms with van der Waals surface area (Å²) in [5, 5.41) is 19.6. The summed E-state index contributed by atoms with van der Waals surface area (Å²) in [6, 6.07) is 5.32. The fourth-order valence-corrected chi connectivity index (χ4v) is 4.01. The van der Waals surface area contributed by atoms with Crippen molar-refractivity contribution in [1.29, 1.82) is 0 Å². The van der Waals surface area contributed by atoms with E-state index in [0.29, 0.717) is 16.0 Å². The van der Waals surface area contributed by atoms with Gasteiger partial charge in [-0.2, -0.15) is 5.10 Å². The van der Waals surface area contributed by atoms with Crippen molar-refractivity contribution in [3.63, 3.8) is 0 Å². The van der Waals surface area contributed by atoms with Crippen molar-refractivity contribution in [3.05, 3.63) is 40.0 Å². The lowest BCUT2D eigenvalue weighted by Crippen LogP contribution is -2.17. The van der Waals surface area contributed by atoms with Gasteiger partial charge in [0.25, 0.3) is 0 Å². The second-order valence-corrected chi connectivity index (χ2v) is 7.73. The molecule has 0 radical (unpaired) electrons. The summed E-state index contributed by atoms with van der Waals surface area (Å²) >= 11 is 7.16. The van der Waals surface area contributed by atoms with E-state index in [1.54, 1.807) is 18.2 Å². The molecular formula is C17H18ClN7OS. The van der Waals surface area contributed by atoms with Crippen LogP contribution in [0.2, 0.25) is 5.02 Å². The van der Waals surface area contributed by atoms with E-state index in [9.17, 15) is 4.79 Å². The van der Waals surface area contributed by atoms with E-state index < -0.39 is 0 Å². The smallest absolute Gasteiger partial charge is 0.234 e. The molecule has 140 valence electrons. The molecule has 1 aliphatic carbocycles. The van der Waals surface area contributed by atoms with Gasteiger partial charge in [0.15, 0.2) is 0 Å². The number of hydrogen-bond donors (Lipinski definition) is 3. The third-order valence-electron chi connectivity index (χ3n) is 4.48. The molecule has 0 atom stereocenters. The van der Waals surface area contributed by atoms with Gasteiger partial charge in [0.1, 0.15) is 5.69 Å². The number of nitrogens with two attached hydrogens (primary N) is 1. The van der Waals surface area contributed by atoms with E-state index in [1.165, 1.54) is 16.4 Å². The lowest BCUT2D eigenvalue weighted by molar-refractivity contribution is -0.113. The number of fused-ring (bicyclic) bond motifs is 1. The summed E-state index contributed by atoms with van der Waals surface area (Å²) in [5.74, 6) is 6.65. The lowest BCUT2D eigenvalue weighted by Gasteiger charge is -2.08. The zero-order chi connectivity index (χ0) is 19.0. The maximum absolute atomic E-state index is 12.2. The number of rotatable bonds is 5. The average Bonchev–Trinajstić information content (AvgIpc) is 3.32. The normalized spacial score (nSPS) is 13.0. The van der Waals surface area contributed by atoms with Crippen LogP contribution in [0.4, 0.5) is 5.69 Å². The molecule has 2 aromatic heterocycles. The molecule has 2 heterocycles. The van der Waals surface area contributed by atoms with Gasteiger partial charge in [-0.05, 0) is 49.9 Å². The number of anilines is 1. The molecule has 0 aliphatic heterocycles. The standard InChI is InChI=1S/C17H18ClN7OS/c1-9-7-10(18)5-6-12(9)20-14(26)8-27-17-24-23-16(25(17)19)15-11-3-2-4-13(11)21-22-15/h5-7H,2-4,8,19H2,1H3,(H,20,26)(H,21,22). The van der Waals surface area contributed by atoms with Crippen molar-refractivity contribution in [2.24, 2.45) is 0 Å². The van der Waals surface area contributed by atoms with Gasteiger partial charge in [0.2, 0.25) is 16.9 Å². The van der Waals surface area contributed by atoms with Crippen LogP contribution in [-0.2, 0) is 17.6 Å². The molecule has 4 N–H and O–H groups in total. The first kappa shape index (κ1) is 17.9. The third kappa shape index (κ3) is 3.52. The minimum atomic E-state index is -0.157. The first-order valence-corrected chi connectivity index (χ1v) is 9.85. The maximum atomic E-state index is 12.2. The van der Waals surface area contributed by atoms with Crippen molar-refractivity contribution in [2.75, 3.05) is 16.9 Å². The summed E-state index contributed by atoms with van der Waals surface area (Å²) in [6.45, 7) is 1.89. The molecule has 0 bridgehead atoms. The number of nitrogens with zero attached hydrogens (tertiary/aromatic N) is 4. The predicted molar refractivity (Wildman–Crippen MR) is 105 cm³/mol. The van der Waals surface area contributed by atoms with Gasteiger partial charge in [-0.3, -0.25) is 9.89 Å². The molecule has 8 nitrogen and oxygen atoms in total. The van der Waals surface area contributed by atoms with Crippen LogP contribution in [-0.4, -0.2) is 36.7 Å². The van der Waals surface area contributed by atoms with Gasteiger partial charge in [0, 0.05) is 22.0 Å². The van der Waals surface area contributed by atoms with E-state index in [4.69, 9.17) is 17.4 Å². The molecule has 0 unspecified atom stereocenters. The number of aryl methyl sites for hydroxylation is 2. The van der Waals surface area contributed by atoms with Crippen molar-refractivity contribution in [1.82, 2.24) is 25.1 Å². The lowest BCUT2D eigenvalue weighted by atomic mass is 10.2. The number of carbonyl (C=O) groups excluding carboxylic acids is 1. The third-order valence-corrected chi connectivity index (χ3v) is 5.66. The number of amides is 1. The summed E-state index contributed by atoms with van der Waals surface area (Å²) < 4.78 is 1.39. The summed E-state index contributed by atoms with van der Waals surface area (Å²) in [6.07, 6.45) is 3.05. The Hall–Kier alpha value is -2.52.